The van der Waals surface area contributed by atoms with Gasteiger partial charge in [0.25, 0.3) is 5.69 Å². The van der Waals surface area contributed by atoms with Gasteiger partial charge >= 0.3 is 17.9 Å². The molecular weight excluding hydrogens is 434 g/mol. The molecule has 13 heteroatoms. The Kier molecular flexibility index (Phi) is 8.46. The van der Waals surface area contributed by atoms with E-state index in [-0.39, 0.29) is 17.0 Å². The van der Waals surface area contributed by atoms with Gasteiger partial charge in [0.15, 0.2) is 12.2 Å². The maximum absolute atomic E-state index is 11.7. The van der Waals surface area contributed by atoms with Gasteiger partial charge in [0, 0.05) is 38.5 Å². The van der Waals surface area contributed by atoms with Gasteiger partial charge in [-0.2, -0.15) is 0 Å². The quantitative estimate of drug-likeness (QED) is 0.231. The van der Waals surface area contributed by atoms with Crippen molar-refractivity contribution in [1.82, 2.24) is 0 Å². The number of nitro benzene ring substituents is 1. The van der Waals surface area contributed by atoms with Crippen molar-refractivity contribution < 1.29 is 53.2 Å². The molecule has 1 fully saturated rings. The lowest BCUT2D eigenvalue weighted by molar-refractivity contribution is -0.385. The van der Waals surface area contributed by atoms with Crippen molar-refractivity contribution in [2.45, 2.75) is 58.1 Å². The number of hydrogen-bond acceptors (Lipinski definition) is 12. The third-order valence-corrected chi connectivity index (χ3v) is 4.35. The van der Waals surface area contributed by atoms with Gasteiger partial charge in [0.05, 0.1) is 18.1 Å². The summed E-state index contributed by atoms with van der Waals surface area (Å²) in [6.07, 6.45) is -6.94. The van der Waals surface area contributed by atoms with Crippen molar-refractivity contribution in [1.29, 1.82) is 0 Å². The van der Waals surface area contributed by atoms with E-state index in [0.717, 1.165) is 32.9 Å². The Morgan fingerprint density at radius 2 is 1.56 bits per heavy atom. The molecule has 1 heterocycles. The zero-order valence-electron chi connectivity index (χ0n) is 17.5. The van der Waals surface area contributed by atoms with Gasteiger partial charge in [-0.05, 0) is 6.07 Å². The number of aliphatic hydroxyl groups is 2. The number of nitrogens with zero attached hydrogens (tertiary/aromatic N) is 1. The van der Waals surface area contributed by atoms with Crippen LogP contribution in [0.25, 0.3) is 0 Å². The van der Waals surface area contributed by atoms with Crippen LogP contribution in [-0.2, 0) is 39.9 Å². The molecule has 0 saturated carbocycles. The van der Waals surface area contributed by atoms with E-state index in [0.29, 0.717) is 0 Å². The molecule has 0 spiro atoms. The summed E-state index contributed by atoms with van der Waals surface area (Å²) in [5, 5.41) is 30.3. The molecule has 0 amide bonds. The zero-order chi connectivity index (χ0) is 24.0. The van der Waals surface area contributed by atoms with Gasteiger partial charge in [-0.3, -0.25) is 24.5 Å². The van der Waals surface area contributed by atoms with E-state index in [1.165, 1.54) is 6.07 Å². The van der Waals surface area contributed by atoms with E-state index < -0.39 is 66.8 Å². The molecular formula is C19H23NO12. The van der Waals surface area contributed by atoms with Crippen molar-refractivity contribution in [3.05, 3.63) is 33.9 Å². The molecule has 176 valence electrons. The Morgan fingerprint density at radius 1 is 1.00 bits per heavy atom. The van der Waals surface area contributed by atoms with Crippen molar-refractivity contribution in [2.24, 2.45) is 0 Å². The second-order valence-corrected chi connectivity index (χ2v) is 6.77. The van der Waals surface area contributed by atoms with E-state index in [9.17, 15) is 34.7 Å². The summed E-state index contributed by atoms with van der Waals surface area (Å²) < 4.78 is 26.9. The van der Waals surface area contributed by atoms with Crippen LogP contribution >= 0.6 is 0 Å². The lowest BCUT2D eigenvalue weighted by Crippen LogP contribution is -2.63. The highest BCUT2D eigenvalue weighted by Gasteiger charge is 2.53. The Morgan fingerprint density at radius 3 is 2.06 bits per heavy atom. The van der Waals surface area contributed by atoms with Gasteiger partial charge < -0.3 is 33.9 Å². The maximum Gasteiger partial charge on any atom is 0.303 e. The summed E-state index contributed by atoms with van der Waals surface area (Å²) in [5.74, 6) is -2.43. The molecule has 0 aromatic heterocycles. The molecule has 0 aliphatic carbocycles. The minimum Gasteiger partial charge on any atom is -0.460 e. The second-order valence-electron chi connectivity index (χ2n) is 6.77. The van der Waals surface area contributed by atoms with Crippen LogP contribution in [0.15, 0.2) is 18.2 Å². The van der Waals surface area contributed by atoms with Gasteiger partial charge in [-0.1, -0.05) is 0 Å². The second kappa shape index (κ2) is 10.8. The van der Waals surface area contributed by atoms with Crippen LogP contribution in [0.5, 0.6) is 5.75 Å². The van der Waals surface area contributed by atoms with E-state index >= 15 is 0 Å². The molecule has 1 aliphatic heterocycles. The normalized spacial score (nSPS) is 24.8. The fourth-order valence-corrected chi connectivity index (χ4v) is 3.14. The Hall–Kier alpha value is -3.29. The van der Waals surface area contributed by atoms with E-state index in [2.05, 4.69) is 0 Å². The van der Waals surface area contributed by atoms with Gasteiger partial charge in [0.2, 0.25) is 12.4 Å². The molecule has 2 N–H and O–H groups in total. The summed E-state index contributed by atoms with van der Waals surface area (Å²) in [6.45, 7) is 1.93. The highest BCUT2D eigenvalue weighted by Crippen LogP contribution is 2.32. The monoisotopic (exact) mass is 457 g/mol. The third-order valence-electron chi connectivity index (χ3n) is 4.35. The molecule has 13 nitrogen and oxygen atoms in total. The largest absolute Gasteiger partial charge is 0.460 e. The minimum atomic E-state index is -1.50. The summed E-state index contributed by atoms with van der Waals surface area (Å²) in [6, 6.07) is 3.39. The summed E-state index contributed by atoms with van der Waals surface area (Å²) in [5.41, 5.74) is -0.278. The van der Waals surface area contributed by atoms with Crippen molar-refractivity contribution >= 4 is 23.6 Å². The molecule has 0 radical (unpaired) electrons. The molecule has 1 aromatic carbocycles. The number of benzene rings is 1. The predicted molar refractivity (Wildman–Crippen MR) is 102 cm³/mol. The first-order valence-electron chi connectivity index (χ1n) is 9.40. The van der Waals surface area contributed by atoms with E-state index in [1.807, 2.05) is 0 Å². The Bertz CT molecular complexity index is 872. The van der Waals surface area contributed by atoms with Crippen molar-refractivity contribution in [3.63, 3.8) is 0 Å². The van der Waals surface area contributed by atoms with E-state index in [1.54, 1.807) is 0 Å². The predicted octanol–water partition coefficient (Wildman–Crippen LogP) is -0.0218. The highest BCUT2D eigenvalue weighted by atomic mass is 16.7. The smallest absolute Gasteiger partial charge is 0.303 e. The molecule has 32 heavy (non-hydrogen) atoms. The average molecular weight is 457 g/mol. The summed E-state index contributed by atoms with van der Waals surface area (Å²) in [4.78, 5) is 45.3. The SMILES string of the molecule is CC(=O)O[C@@H]1[C@@H](OC(C)=O)[C@H](Oc2ccc([N+](=O)[O-])cc2CO)O[C@H](CO)[C@H]1OC(C)=O. The van der Waals surface area contributed by atoms with Crippen LogP contribution in [0.4, 0.5) is 5.69 Å². The summed E-state index contributed by atoms with van der Waals surface area (Å²) >= 11 is 0. The van der Waals surface area contributed by atoms with Crippen LogP contribution in [0, 0.1) is 10.1 Å². The van der Waals surface area contributed by atoms with Crippen LogP contribution in [0.3, 0.4) is 0 Å². The zero-order valence-corrected chi connectivity index (χ0v) is 17.5. The molecule has 0 unspecified atom stereocenters. The summed E-state index contributed by atoms with van der Waals surface area (Å²) in [7, 11) is 0. The number of hydrogen-bond donors (Lipinski definition) is 2. The number of esters is 3. The molecule has 2 rings (SSSR count). The number of non-ortho nitro benzene ring substituents is 1. The number of carbonyl (C=O) groups is 3. The maximum atomic E-state index is 11.7. The van der Waals surface area contributed by atoms with Crippen LogP contribution in [0.1, 0.15) is 26.3 Å². The number of aliphatic hydroxyl groups excluding tert-OH is 2. The van der Waals surface area contributed by atoms with Crippen LogP contribution in [-0.4, -0.2) is 70.4 Å². The average Bonchev–Trinajstić information content (AvgIpc) is 2.71. The van der Waals surface area contributed by atoms with E-state index in [4.69, 9.17) is 23.7 Å². The molecule has 1 aliphatic rings. The number of nitro groups is 1. The number of ether oxygens (including phenoxy) is 5. The third kappa shape index (κ3) is 6.12. The van der Waals surface area contributed by atoms with Gasteiger partial charge in [-0.15, -0.1) is 0 Å². The lowest BCUT2D eigenvalue weighted by Gasteiger charge is -2.43. The number of rotatable bonds is 8. The first-order chi connectivity index (χ1) is 15.1. The van der Waals surface area contributed by atoms with Crippen molar-refractivity contribution in [2.75, 3.05) is 6.61 Å². The highest BCUT2D eigenvalue weighted by molar-refractivity contribution is 5.68. The Balaban J connectivity index is 2.47. The topological polar surface area (TPSA) is 181 Å². The van der Waals surface area contributed by atoms with Gasteiger partial charge in [0.1, 0.15) is 11.9 Å². The fourth-order valence-electron chi connectivity index (χ4n) is 3.14. The van der Waals surface area contributed by atoms with Crippen molar-refractivity contribution in [3.8, 4) is 5.75 Å². The first-order valence-corrected chi connectivity index (χ1v) is 9.40. The lowest BCUT2D eigenvalue weighted by atomic mass is 9.98. The fraction of sp³-hybridized carbons (Fsp3) is 0.526. The first kappa shape index (κ1) is 25.0. The van der Waals surface area contributed by atoms with Gasteiger partial charge in [-0.25, -0.2) is 0 Å². The molecule has 0 bridgehead atoms. The molecule has 1 saturated heterocycles. The van der Waals surface area contributed by atoms with Crippen LogP contribution < -0.4 is 4.74 Å². The van der Waals surface area contributed by atoms with Crippen LogP contribution in [0.2, 0.25) is 0 Å². The Labute approximate surface area is 181 Å². The standard InChI is InChI=1S/C19H23NO12/c1-9(23)28-16-15(8-22)32-19(18(30-11(3)25)17(16)29-10(2)24)31-14-5-4-13(20(26)27)6-12(14)7-21/h4-6,15-19,21-22H,7-8H2,1-3H3/t15-,16-,17+,18-,19-/m1/s1. The minimum absolute atomic E-state index is 0.0241. The molecule has 1 aromatic rings. The number of carbonyl (C=O) groups excluding carboxylic acids is 3. The molecule has 5 atom stereocenters.